The zero-order valence-electron chi connectivity index (χ0n) is 10.6. The van der Waals surface area contributed by atoms with E-state index in [0.29, 0.717) is 5.92 Å². The van der Waals surface area contributed by atoms with Crippen LogP contribution in [0.25, 0.3) is 5.57 Å². The summed E-state index contributed by atoms with van der Waals surface area (Å²) in [5.41, 5.74) is 5.55. The summed E-state index contributed by atoms with van der Waals surface area (Å²) in [4.78, 5) is 4.45. The van der Waals surface area contributed by atoms with Crippen molar-refractivity contribution in [1.29, 1.82) is 0 Å². The van der Waals surface area contributed by atoms with Gasteiger partial charge in [0.15, 0.2) is 0 Å². The van der Waals surface area contributed by atoms with E-state index in [-0.39, 0.29) is 0 Å². The van der Waals surface area contributed by atoms with Crippen molar-refractivity contribution in [2.24, 2.45) is 0 Å². The lowest BCUT2D eigenvalue weighted by molar-refractivity contribution is 0.760. The lowest BCUT2D eigenvalue weighted by atomic mass is 9.94. The Morgan fingerprint density at radius 3 is 2.78 bits per heavy atom. The van der Waals surface area contributed by atoms with Crippen LogP contribution < -0.4 is 0 Å². The van der Waals surface area contributed by atoms with Crippen LogP contribution in [0.1, 0.15) is 36.1 Å². The van der Waals surface area contributed by atoms with Gasteiger partial charge in [0.1, 0.15) is 0 Å². The maximum Gasteiger partial charge on any atom is 0.0435 e. The Hall–Kier alpha value is -1.89. The normalized spacial score (nSPS) is 15.1. The predicted molar refractivity (Wildman–Crippen MR) is 75.4 cm³/mol. The van der Waals surface area contributed by atoms with Crippen LogP contribution in [0.15, 0.2) is 54.7 Å². The summed E-state index contributed by atoms with van der Waals surface area (Å²) in [7, 11) is 0. The highest BCUT2D eigenvalue weighted by atomic mass is 14.7. The highest BCUT2D eigenvalue weighted by Gasteiger charge is 2.16. The van der Waals surface area contributed by atoms with Crippen molar-refractivity contribution >= 4 is 5.57 Å². The second-order valence-electron chi connectivity index (χ2n) is 4.95. The summed E-state index contributed by atoms with van der Waals surface area (Å²) >= 11 is 0. The van der Waals surface area contributed by atoms with Crippen LogP contribution in [0.3, 0.4) is 0 Å². The number of nitrogens with zero attached hydrogens (tertiary/aromatic N) is 1. The molecule has 1 aromatic heterocycles. The molecular formula is C17H17N. The Kier molecular flexibility index (Phi) is 2.97. The SMILES string of the molecule is CC(CC1=CCc2ccccc21)c1ccccn1. The van der Waals surface area contributed by atoms with Crippen molar-refractivity contribution < 1.29 is 0 Å². The number of rotatable bonds is 3. The van der Waals surface area contributed by atoms with Crippen LogP contribution in [0.5, 0.6) is 0 Å². The highest BCUT2D eigenvalue weighted by Crippen LogP contribution is 2.34. The topological polar surface area (TPSA) is 12.9 Å². The minimum Gasteiger partial charge on any atom is -0.261 e. The van der Waals surface area contributed by atoms with Crippen molar-refractivity contribution in [3.8, 4) is 0 Å². The summed E-state index contributed by atoms with van der Waals surface area (Å²) in [5, 5.41) is 0. The summed E-state index contributed by atoms with van der Waals surface area (Å²) in [6, 6.07) is 14.9. The van der Waals surface area contributed by atoms with Gasteiger partial charge < -0.3 is 0 Å². The summed E-state index contributed by atoms with van der Waals surface area (Å²) < 4.78 is 0. The molecule has 1 unspecified atom stereocenters. The van der Waals surface area contributed by atoms with Crippen molar-refractivity contribution in [3.05, 3.63) is 71.6 Å². The van der Waals surface area contributed by atoms with Crippen LogP contribution in [-0.4, -0.2) is 4.98 Å². The van der Waals surface area contributed by atoms with Gasteiger partial charge in [-0.15, -0.1) is 0 Å². The van der Waals surface area contributed by atoms with Crippen molar-refractivity contribution in [3.63, 3.8) is 0 Å². The Balaban J connectivity index is 1.79. The quantitative estimate of drug-likeness (QED) is 0.776. The number of allylic oxidation sites excluding steroid dienone is 2. The largest absolute Gasteiger partial charge is 0.261 e. The van der Waals surface area contributed by atoms with Gasteiger partial charge in [0.05, 0.1) is 0 Å². The van der Waals surface area contributed by atoms with Crippen LogP contribution in [-0.2, 0) is 6.42 Å². The first-order chi connectivity index (χ1) is 8.84. The van der Waals surface area contributed by atoms with E-state index in [1.165, 1.54) is 22.4 Å². The Morgan fingerprint density at radius 2 is 1.94 bits per heavy atom. The van der Waals surface area contributed by atoms with E-state index in [2.05, 4.69) is 54.4 Å². The van der Waals surface area contributed by atoms with Crippen LogP contribution in [0.2, 0.25) is 0 Å². The molecule has 0 amide bonds. The van der Waals surface area contributed by atoms with Gasteiger partial charge in [-0.05, 0) is 41.7 Å². The molecule has 1 nitrogen and oxygen atoms in total. The van der Waals surface area contributed by atoms with Gasteiger partial charge >= 0.3 is 0 Å². The molecule has 1 aliphatic carbocycles. The lowest BCUT2D eigenvalue weighted by Gasteiger charge is -2.12. The third-order valence-corrected chi connectivity index (χ3v) is 3.65. The molecule has 2 aromatic rings. The maximum absolute atomic E-state index is 4.45. The van der Waals surface area contributed by atoms with Gasteiger partial charge in [-0.1, -0.05) is 43.3 Å². The van der Waals surface area contributed by atoms with Gasteiger partial charge in [0.2, 0.25) is 0 Å². The minimum absolute atomic E-state index is 0.476. The average Bonchev–Trinajstić information content (AvgIpc) is 2.83. The molecule has 0 saturated carbocycles. The minimum atomic E-state index is 0.476. The number of benzene rings is 1. The Bertz CT molecular complexity index is 569. The molecule has 0 aliphatic heterocycles. The second-order valence-corrected chi connectivity index (χ2v) is 4.95. The lowest BCUT2D eigenvalue weighted by Crippen LogP contribution is -1.97. The molecular weight excluding hydrogens is 218 g/mol. The van der Waals surface area contributed by atoms with E-state index in [9.17, 15) is 0 Å². The monoisotopic (exact) mass is 235 g/mol. The zero-order chi connectivity index (χ0) is 12.4. The zero-order valence-corrected chi connectivity index (χ0v) is 10.6. The standard InChI is InChI=1S/C17H17N/c1-13(17-8-4-5-11-18-17)12-15-10-9-14-6-2-3-7-16(14)15/h2-8,10-11,13H,9,12H2,1H3. The van der Waals surface area contributed by atoms with E-state index < -0.39 is 0 Å². The Morgan fingerprint density at radius 1 is 1.11 bits per heavy atom. The van der Waals surface area contributed by atoms with E-state index in [0.717, 1.165) is 12.8 Å². The van der Waals surface area contributed by atoms with Crippen LogP contribution in [0, 0.1) is 0 Å². The first-order valence-electron chi connectivity index (χ1n) is 6.53. The molecule has 0 spiro atoms. The first kappa shape index (κ1) is 11.2. The molecule has 3 rings (SSSR count). The molecule has 90 valence electrons. The first-order valence-corrected chi connectivity index (χ1v) is 6.53. The van der Waals surface area contributed by atoms with Crippen LogP contribution >= 0.6 is 0 Å². The van der Waals surface area contributed by atoms with Crippen molar-refractivity contribution in [1.82, 2.24) is 4.98 Å². The van der Waals surface area contributed by atoms with E-state index in [4.69, 9.17) is 0 Å². The fraction of sp³-hybridized carbons (Fsp3) is 0.235. The molecule has 1 heterocycles. The molecule has 0 fully saturated rings. The third kappa shape index (κ3) is 2.08. The van der Waals surface area contributed by atoms with E-state index in [1.54, 1.807) is 0 Å². The molecule has 1 atom stereocenters. The van der Waals surface area contributed by atoms with E-state index >= 15 is 0 Å². The van der Waals surface area contributed by atoms with Crippen molar-refractivity contribution in [2.75, 3.05) is 0 Å². The molecule has 0 N–H and O–H groups in total. The fourth-order valence-electron chi connectivity index (χ4n) is 2.65. The van der Waals surface area contributed by atoms with Crippen LogP contribution in [0.4, 0.5) is 0 Å². The van der Waals surface area contributed by atoms with Crippen molar-refractivity contribution in [2.45, 2.75) is 25.7 Å². The Labute approximate surface area is 108 Å². The molecule has 0 saturated heterocycles. The fourth-order valence-corrected chi connectivity index (χ4v) is 2.65. The molecule has 18 heavy (non-hydrogen) atoms. The summed E-state index contributed by atoms with van der Waals surface area (Å²) in [6.07, 6.45) is 6.40. The molecule has 0 bridgehead atoms. The van der Waals surface area contributed by atoms with Gasteiger partial charge in [0, 0.05) is 17.8 Å². The predicted octanol–water partition coefficient (Wildman–Crippen LogP) is 4.21. The maximum atomic E-state index is 4.45. The number of hydrogen-bond acceptors (Lipinski definition) is 1. The second kappa shape index (κ2) is 4.77. The number of aromatic nitrogens is 1. The molecule has 1 aliphatic rings. The third-order valence-electron chi connectivity index (χ3n) is 3.65. The van der Waals surface area contributed by atoms with Gasteiger partial charge in [-0.25, -0.2) is 0 Å². The van der Waals surface area contributed by atoms with Gasteiger partial charge in [0.25, 0.3) is 0 Å². The summed E-state index contributed by atoms with van der Waals surface area (Å²) in [5.74, 6) is 0.476. The highest BCUT2D eigenvalue weighted by molar-refractivity contribution is 5.73. The van der Waals surface area contributed by atoms with E-state index in [1.807, 2.05) is 12.3 Å². The number of hydrogen-bond donors (Lipinski definition) is 0. The number of fused-ring (bicyclic) bond motifs is 1. The number of pyridine rings is 1. The van der Waals surface area contributed by atoms with Gasteiger partial charge in [-0.2, -0.15) is 0 Å². The smallest absolute Gasteiger partial charge is 0.0435 e. The molecule has 0 radical (unpaired) electrons. The van der Waals surface area contributed by atoms with Gasteiger partial charge in [-0.3, -0.25) is 4.98 Å². The molecule has 1 aromatic carbocycles. The average molecular weight is 235 g/mol. The molecule has 1 heteroatoms. The summed E-state index contributed by atoms with van der Waals surface area (Å²) in [6.45, 7) is 2.25.